The molecule has 3 nitrogen and oxygen atoms in total. The van der Waals surface area contributed by atoms with Crippen molar-refractivity contribution >= 4 is 21.9 Å². The maximum absolute atomic E-state index is 12.9. The minimum absolute atomic E-state index is 0.107. The van der Waals surface area contributed by atoms with E-state index in [2.05, 4.69) is 15.9 Å². The number of esters is 1. The molecule has 0 saturated carbocycles. The highest BCUT2D eigenvalue weighted by molar-refractivity contribution is 9.10. The highest BCUT2D eigenvalue weighted by Gasteiger charge is 2.08. The van der Waals surface area contributed by atoms with Gasteiger partial charge in [-0.25, -0.2) is 4.39 Å². The number of rotatable bonds is 5. The van der Waals surface area contributed by atoms with Crippen molar-refractivity contribution in [2.24, 2.45) is 0 Å². The van der Waals surface area contributed by atoms with Crippen LogP contribution < -0.4 is 4.74 Å². The molecule has 2 rings (SSSR count). The molecule has 21 heavy (non-hydrogen) atoms. The molecule has 0 fully saturated rings. The van der Waals surface area contributed by atoms with Crippen LogP contribution in [0.2, 0.25) is 0 Å². The third-order valence-corrected chi connectivity index (χ3v) is 3.65. The van der Waals surface area contributed by atoms with Crippen molar-refractivity contribution in [2.45, 2.75) is 13.0 Å². The van der Waals surface area contributed by atoms with E-state index in [0.29, 0.717) is 4.47 Å². The molecular formula is C16H14BrFO3. The monoisotopic (exact) mass is 352 g/mol. The smallest absolute Gasteiger partial charge is 0.310 e. The fourth-order valence-electron chi connectivity index (χ4n) is 1.76. The van der Waals surface area contributed by atoms with Crippen LogP contribution in [0.15, 0.2) is 46.9 Å². The second-order valence-electron chi connectivity index (χ2n) is 4.42. The molecule has 0 saturated heterocycles. The Balaban J connectivity index is 1.89. The van der Waals surface area contributed by atoms with Crippen LogP contribution in [0.25, 0.3) is 0 Å². The van der Waals surface area contributed by atoms with Crippen LogP contribution in [0.4, 0.5) is 4.39 Å². The third-order valence-electron chi connectivity index (χ3n) is 2.91. The number of hydrogen-bond donors (Lipinski definition) is 0. The van der Waals surface area contributed by atoms with Gasteiger partial charge in [0.1, 0.15) is 18.2 Å². The van der Waals surface area contributed by atoms with Gasteiger partial charge in [0.2, 0.25) is 0 Å². The van der Waals surface area contributed by atoms with E-state index in [0.717, 1.165) is 16.9 Å². The highest BCUT2D eigenvalue weighted by atomic mass is 79.9. The third kappa shape index (κ3) is 4.56. The van der Waals surface area contributed by atoms with Gasteiger partial charge in [-0.05, 0) is 29.8 Å². The Kier molecular flexibility index (Phi) is 5.33. The average Bonchev–Trinajstić information content (AvgIpc) is 2.47. The Bertz CT molecular complexity index is 626. The zero-order chi connectivity index (χ0) is 15.2. The maximum Gasteiger partial charge on any atom is 0.310 e. The Labute approximate surface area is 130 Å². The molecule has 0 aliphatic carbocycles. The second-order valence-corrected chi connectivity index (χ2v) is 5.28. The van der Waals surface area contributed by atoms with Gasteiger partial charge in [0, 0.05) is 10.0 Å². The summed E-state index contributed by atoms with van der Waals surface area (Å²) in [6.45, 7) is 0.107. The van der Waals surface area contributed by atoms with Crippen LogP contribution in [-0.4, -0.2) is 13.1 Å². The number of ether oxygens (including phenoxy) is 2. The van der Waals surface area contributed by atoms with Gasteiger partial charge in [-0.1, -0.05) is 34.1 Å². The second kappa shape index (κ2) is 7.22. The molecule has 0 radical (unpaired) electrons. The molecule has 0 unspecified atom stereocenters. The summed E-state index contributed by atoms with van der Waals surface area (Å²) in [4.78, 5) is 11.8. The number of benzene rings is 2. The van der Waals surface area contributed by atoms with Crippen molar-refractivity contribution in [1.29, 1.82) is 0 Å². The van der Waals surface area contributed by atoms with E-state index in [1.807, 2.05) is 12.1 Å². The van der Waals surface area contributed by atoms with Gasteiger partial charge < -0.3 is 9.47 Å². The van der Waals surface area contributed by atoms with Crippen LogP contribution in [-0.2, 0) is 22.6 Å². The van der Waals surface area contributed by atoms with E-state index in [9.17, 15) is 9.18 Å². The lowest BCUT2D eigenvalue weighted by Gasteiger charge is -2.07. The fourth-order valence-corrected chi connectivity index (χ4v) is 2.22. The van der Waals surface area contributed by atoms with Gasteiger partial charge >= 0.3 is 5.97 Å². The van der Waals surface area contributed by atoms with Gasteiger partial charge in [0.05, 0.1) is 13.5 Å². The molecule has 0 aromatic heterocycles. The van der Waals surface area contributed by atoms with Gasteiger partial charge in [-0.15, -0.1) is 0 Å². The van der Waals surface area contributed by atoms with Crippen molar-refractivity contribution in [3.63, 3.8) is 0 Å². The van der Waals surface area contributed by atoms with Crippen LogP contribution in [0, 0.1) is 5.82 Å². The lowest BCUT2D eigenvalue weighted by Crippen LogP contribution is -2.08. The number of methoxy groups -OCH3 is 1. The SMILES string of the molecule is COc1ccc(CC(=O)OCc2ccc(F)cc2Br)cc1. The van der Waals surface area contributed by atoms with Gasteiger partial charge in [-0.2, -0.15) is 0 Å². The standard InChI is InChI=1S/C16H14BrFO3/c1-20-14-6-2-11(3-7-14)8-16(19)21-10-12-4-5-13(18)9-15(12)17/h2-7,9H,8,10H2,1H3. The molecule has 0 spiro atoms. The molecule has 110 valence electrons. The summed E-state index contributed by atoms with van der Waals surface area (Å²) in [6, 6.07) is 11.5. The van der Waals surface area contributed by atoms with E-state index >= 15 is 0 Å². The van der Waals surface area contributed by atoms with E-state index in [1.165, 1.54) is 12.1 Å². The molecular weight excluding hydrogens is 339 g/mol. The first-order valence-electron chi connectivity index (χ1n) is 6.31. The molecule has 0 amide bonds. The zero-order valence-electron chi connectivity index (χ0n) is 11.4. The maximum atomic E-state index is 12.9. The summed E-state index contributed by atoms with van der Waals surface area (Å²) in [5.74, 6) is 0.0638. The van der Waals surface area contributed by atoms with E-state index in [1.54, 1.807) is 25.3 Å². The van der Waals surface area contributed by atoms with Crippen molar-refractivity contribution in [3.8, 4) is 5.75 Å². The molecule has 2 aromatic carbocycles. The van der Waals surface area contributed by atoms with Gasteiger partial charge in [-0.3, -0.25) is 4.79 Å². The number of hydrogen-bond acceptors (Lipinski definition) is 3. The van der Waals surface area contributed by atoms with E-state index in [4.69, 9.17) is 9.47 Å². The lowest BCUT2D eigenvalue weighted by atomic mass is 10.1. The molecule has 0 aliphatic heterocycles. The summed E-state index contributed by atoms with van der Waals surface area (Å²) in [7, 11) is 1.59. The summed E-state index contributed by atoms with van der Waals surface area (Å²) in [5.41, 5.74) is 1.57. The largest absolute Gasteiger partial charge is 0.497 e. The van der Waals surface area contributed by atoms with Crippen LogP contribution in [0.1, 0.15) is 11.1 Å². The minimum Gasteiger partial charge on any atom is -0.497 e. The predicted octanol–water partition coefficient (Wildman–Crippen LogP) is 3.88. The quantitative estimate of drug-likeness (QED) is 0.766. The van der Waals surface area contributed by atoms with Crippen LogP contribution >= 0.6 is 15.9 Å². The first kappa shape index (κ1) is 15.5. The minimum atomic E-state index is -0.338. The molecule has 5 heteroatoms. The highest BCUT2D eigenvalue weighted by Crippen LogP contribution is 2.19. The summed E-state index contributed by atoms with van der Waals surface area (Å²) >= 11 is 3.23. The van der Waals surface area contributed by atoms with Gasteiger partial charge in [0.15, 0.2) is 0 Å². The Morgan fingerprint density at radius 2 is 1.90 bits per heavy atom. The van der Waals surface area contributed by atoms with E-state index < -0.39 is 0 Å². The number of halogens is 2. The van der Waals surface area contributed by atoms with Crippen LogP contribution in [0.5, 0.6) is 5.75 Å². The Morgan fingerprint density at radius 3 is 2.52 bits per heavy atom. The Morgan fingerprint density at radius 1 is 1.19 bits per heavy atom. The summed E-state index contributed by atoms with van der Waals surface area (Å²) in [5, 5.41) is 0. The van der Waals surface area contributed by atoms with Crippen molar-refractivity contribution in [2.75, 3.05) is 7.11 Å². The lowest BCUT2D eigenvalue weighted by molar-refractivity contribution is -0.144. The average molecular weight is 353 g/mol. The van der Waals surface area contributed by atoms with Crippen molar-refractivity contribution < 1.29 is 18.7 Å². The summed E-state index contributed by atoms with van der Waals surface area (Å²) in [6.07, 6.45) is 0.183. The normalized spacial score (nSPS) is 10.2. The molecule has 2 aromatic rings. The fraction of sp³-hybridized carbons (Fsp3) is 0.188. The first-order valence-corrected chi connectivity index (χ1v) is 7.10. The topological polar surface area (TPSA) is 35.5 Å². The Hall–Kier alpha value is -1.88. The molecule has 0 atom stereocenters. The predicted molar refractivity (Wildman–Crippen MR) is 80.6 cm³/mol. The number of carbonyl (C=O) groups excluding carboxylic acids is 1. The molecule has 0 N–H and O–H groups in total. The number of carbonyl (C=O) groups is 1. The first-order chi connectivity index (χ1) is 10.1. The molecule has 0 bridgehead atoms. The van der Waals surface area contributed by atoms with Crippen molar-refractivity contribution in [3.05, 3.63) is 63.9 Å². The molecule has 0 heterocycles. The van der Waals surface area contributed by atoms with Gasteiger partial charge in [0.25, 0.3) is 0 Å². The molecule has 0 aliphatic rings. The zero-order valence-corrected chi connectivity index (χ0v) is 13.0. The van der Waals surface area contributed by atoms with E-state index in [-0.39, 0.29) is 24.8 Å². The van der Waals surface area contributed by atoms with Crippen LogP contribution in [0.3, 0.4) is 0 Å². The summed E-state index contributed by atoms with van der Waals surface area (Å²) < 4.78 is 23.8. The van der Waals surface area contributed by atoms with Crippen molar-refractivity contribution in [1.82, 2.24) is 0 Å².